The third kappa shape index (κ3) is 6.24. The minimum Gasteiger partial charge on any atom is -0.348 e. The van der Waals surface area contributed by atoms with Gasteiger partial charge in [0.2, 0.25) is 5.91 Å². The summed E-state index contributed by atoms with van der Waals surface area (Å²) in [5.74, 6) is -0.0377. The van der Waals surface area contributed by atoms with E-state index in [-0.39, 0.29) is 11.9 Å². The largest absolute Gasteiger partial charge is 0.348 e. The zero-order chi connectivity index (χ0) is 20.9. The molecule has 2 aliphatic heterocycles. The lowest BCUT2D eigenvalue weighted by atomic mass is 10.1. The summed E-state index contributed by atoms with van der Waals surface area (Å²) in [5.41, 5.74) is 1.05. The lowest BCUT2D eigenvalue weighted by Crippen LogP contribution is -2.54. The second-order valence-electron chi connectivity index (χ2n) is 7.84. The van der Waals surface area contributed by atoms with Crippen LogP contribution in [0.4, 0.5) is 0 Å². The number of amides is 1. The van der Waals surface area contributed by atoms with E-state index >= 15 is 0 Å². The summed E-state index contributed by atoms with van der Waals surface area (Å²) in [6, 6.07) is 7.83. The maximum Gasteiger partial charge on any atom is 0.282 e. The van der Waals surface area contributed by atoms with E-state index in [0.29, 0.717) is 45.8 Å². The fourth-order valence-electron chi connectivity index (χ4n) is 3.88. The van der Waals surface area contributed by atoms with E-state index in [1.165, 1.54) is 0 Å². The first-order valence-corrected chi connectivity index (χ1v) is 12.6. The molecule has 2 heterocycles. The molecule has 0 spiro atoms. The zero-order valence-electron chi connectivity index (χ0n) is 17.0. The van der Waals surface area contributed by atoms with Gasteiger partial charge in [-0.3, -0.25) is 9.69 Å². The number of piperazine rings is 1. The van der Waals surface area contributed by atoms with E-state index in [2.05, 4.69) is 21.2 Å². The van der Waals surface area contributed by atoms with E-state index in [4.69, 9.17) is 0 Å². The van der Waals surface area contributed by atoms with E-state index < -0.39 is 10.2 Å². The van der Waals surface area contributed by atoms with Crippen molar-refractivity contribution in [3.8, 4) is 0 Å². The molecule has 1 atom stereocenters. The van der Waals surface area contributed by atoms with Crippen molar-refractivity contribution in [3.05, 3.63) is 34.3 Å². The lowest BCUT2D eigenvalue weighted by Gasteiger charge is -2.36. The molecule has 162 valence electrons. The van der Waals surface area contributed by atoms with Crippen LogP contribution in [-0.2, 0) is 15.0 Å². The number of carbonyl (C=O) groups is 1. The zero-order valence-corrected chi connectivity index (χ0v) is 19.4. The fraction of sp³-hybridized carbons (Fsp3) is 0.650. The van der Waals surface area contributed by atoms with Crippen LogP contribution in [0.5, 0.6) is 0 Å². The highest BCUT2D eigenvalue weighted by Crippen LogP contribution is 2.19. The number of hydrogen-bond acceptors (Lipinski definition) is 4. The monoisotopic (exact) mass is 486 g/mol. The van der Waals surface area contributed by atoms with Crippen LogP contribution in [-0.4, -0.2) is 73.6 Å². The van der Waals surface area contributed by atoms with Gasteiger partial charge >= 0.3 is 0 Å². The molecule has 0 aromatic heterocycles. The lowest BCUT2D eigenvalue weighted by molar-refractivity contribution is -0.123. The van der Waals surface area contributed by atoms with Gasteiger partial charge in [0.05, 0.1) is 12.6 Å². The molecule has 1 aromatic carbocycles. The predicted octanol–water partition coefficient (Wildman–Crippen LogP) is 2.36. The second-order valence-corrected chi connectivity index (χ2v) is 10.7. The van der Waals surface area contributed by atoms with Gasteiger partial charge in [0.15, 0.2) is 0 Å². The van der Waals surface area contributed by atoms with Crippen LogP contribution in [0.15, 0.2) is 28.7 Å². The van der Waals surface area contributed by atoms with Crippen molar-refractivity contribution in [2.45, 2.75) is 38.6 Å². The van der Waals surface area contributed by atoms with Crippen LogP contribution >= 0.6 is 15.9 Å². The standard InChI is InChI=1S/C20H31BrN4O3S/c1-17(18-6-8-19(21)9-7-18)22-20(26)16-23-12-14-25(15-13-23)29(27,28)24-10-4-2-3-5-11-24/h6-9,17H,2-5,10-16H2,1H3,(H,22,26). The van der Waals surface area contributed by atoms with E-state index in [0.717, 1.165) is 35.7 Å². The van der Waals surface area contributed by atoms with Crippen LogP contribution < -0.4 is 5.32 Å². The van der Waals surface area contributed by atoms with Crippen molar-refractivity contribution in [2.75, 3.05) is 45.8 Å². The van der Waals surface area contributed by atoms with Crippen molar-refractivity contribution in [2.24, 2.45) is 0 Å². The second kappa shape index (κ2) is 10.3. The van der Waals surface area contributed by atoms with Crippen LogP contribution in [0.2, 0.25) is 0 Å². The van der Waals surface area contributed by atoms with Gasteiger partial charge in [-0.25, -0.2) is 0 Å². The van der Waals surface area contributed by atoms with Gasteiger partial charge in [-0.15, -0.1) is 0 Å². The molecule has 7 nitrogen and oxygen atoms in total. The molecule has 0 bridgehead atoms. The Morgan fingerprint density at radius 1 is 0.966 bits per heavy atom. The Kier molecular flexibility index (Phi) is 8.09. The van der Waals surface area contributed by atoms with E-state index in [1.807, 2.05) is 36.1 Å². The highest BCUT2D eigenvalue weighted by atomic mass is 79.9. The molecule has 1 unspecified atom stereocenters. The predicted molar refractivity (Wildman–Crippen MR) is 118 cm³/mol. The van der Waals surface area contributed by atoms with Crippen LogP contribution in [0, 0.1) is 0 Å². The quantitative estimate of drug-likeness (QED) is 0.669. The molecular formula is C20H31BrN4O3S. The first-order chi connectivity index (χ1) is 13.9. The number of halogens is 1. The maximum absolute atomic E-state index is 12.9. The Labute approximate surface area is 182 Å². The average Bonchev–Trinajstić information content (AvgIpc) is 2.99. The van der Waals surface area contributed by atoms with Crippen LogP contribution in [0.1, 0.15) is 44.2 Å². The summed E-state index contributed by atoms with van der Waals surface area (Å²) in [4.78, 5) is 14.4. The summed E-state index contributed by atoms with van der Waals surface area (Å²) in [6.45, 7) is 5.53. The molecule has 9 heteroatoms. The highest BCUT2D eigenvalue weighted by molar-refractivity contribution is 9.10. The third-order valence-corrected chi connectivity index (χ3v) is 8.23. The topological polar surface area (TPSA) is 73.0 Å². The first-order valence-electron chi connectivity index (χ1n) is 10.4. The molecule has 29 heavy (non-hydrogen) atoms. The number of carbonyl (C=O) groups excluding carboxylic acids is 1. The molecular weight excluding hydrogens is 456 g/mol. The highest BCUT2D eigenvalue weighted by Gasteiger charge is 2.32. The number of nitrogens with zero attached hydrogens (tertiary/aromatic N) is 3. The Morgan fingerprint density at radius 2 is 1.52 bits per heavy atom. The van der Waals surface area contributed by atoms with Gasteiger partial charge in [0.25, 0.3) is 10.2 Å². The number of rotatable bonds is 6. The summed E-state index contributed by atoms with van der Waals surface area (Å²) < 4.78 is 30.0. The van der Waals surface area contributed by atoms with Crippen LogP contribution in [0.25, 0.3) is 0 Å². The minimum absolute atomic E-state index is 0.0377. The van der Waals surface area contributed by atoms with Gasteiger partial charge in [0, 0.05) is 43.7 Å². The fourth-order valence-corrected chi connectivity index (χ4v) is 5.81. The van der Waals surface area contributed by atoms with Gasteiger partial charge in [-0.1, -0.05) is 40.9 Å². The van der Waals surface area contributed by atoms with Crippen molar-refractivity contribution in [3.63, 3.8) is 0 Å². The SMILES string of the molecule is CC(NC(=O)CN1CCN(S(=O)(=O)N2CCCCCC2)CC1)c1ccc(Br)cc1. The Balaban J connectivity index is 1.46. The molecule has 2 fully saturated rings. The van der Waals surface area contributed by atoms with Gasteiger partial charge in [-0.2, -0.15) is 17.0 Å². The third-order valence-electron chi connectivity index (χ3n) is 5.66. The Morgan fingerprint density at radius 3 is 2.10 bits per heavy atom. The smallest absolute Gasteiger partial charge is 0.282 e. The van der Waals surface area contributed by atoms with Crippen molar-refractivity contribution >= 4 is 32.0 Å². The molecule has 3 rings (SSSR count). The average molecular weight is 487 g/mol. The molecule has 0 saturated carbocycles. The Bertz CT molecular complexity index is 771. The van der Waals surface area contributed by atoms with Gasteiger partial charge in [-0.05, 0) is 37.5 Å². The number of hydrogen-bond donors (Lipinski definition) is 1. The Hall–Kier alpha value is -1.00. The molecule has 2 aliphatic rings. The van der Waals surface area contributed by atoms with Crippen molar-refractivity contribution in [1.82, 2.24) is 18.8 Å². The van der Waals surface area contributed by atoms with Gasteiger partial charge in [0.1, 0.15) is 0 Å². The van der Waals surface area contributed by atoms with Gasteiger partial charge < -0.3 is 5.32 Å². The molecule has 1 N–H and O–H groups in total. The van der Waals surface area contributed by atoms with E-state index in [9.17, 15) is 13.2 Å². The van der Waals surface area contributed by atoms with Crippen LogP contribution in [0.3, 0.4) is 0 Å². The summed E-state index contributed by atoms with van der Waals surface area (Å²) in [6.07, 6.45) is 4.09. The molecule has 0 radical (unpaired) electrons. The van der Waals surface area contributed by atoms with Crippen molar-refractivity contribution < 1.29 is 13.2 Å². The molecule has 0 aliphatic carbocycles. The first kappa shape index (κ1) is 22.7. The molecule has 2 saturated heterocycles. The summed E-state index contributed by atoms with van der Waals surface area (Å²) in [7, 11) is -3.38. The van der Waals surface area contributed by atoms with E-state index in [1.54, 1.807) is 8.61 Å². The minimum atomic E-state index is -3.38. The maximum atomic E-state index is 12.9. The van der Waals surface area contributed by atoms with Crippen molar-refractivity contribution in [1.29, 1.82) is 0 Å². The number of nitrogens with one attached hydrogen (secondary N) is 1. The summed E-state index contributed by atoms with van der Waals surface area (Å²) >= 11 is 3.42. The number of benzene rings is 1. The normalized spacial score (nSPS) is 21.4. The molecule has 1 amide bonds. The molecule has 1 aromatic rings. The summed E-state index contributed by atoms with van der Waals surface area (Å²) in [5, 5.41) is 3.03.